The Hall–Kier alpha value is -1.57. The molecule has 0 heterocycles. The zero-order valence-corrected chi connectivity index (χ0v) is 11.6. The van der Waals surface area contributed by atoms with Gasteiger partial charge in [-0.1, -0.05) is 51.1 Å². The lowest BCUT2D eigenvalue weighted by Crippen LogP contribution is -2.22. The van der Waals surface area contributed by atoms with Gasteiger partial charge in [-0.2, -0.15) is 0 Å². The molecule has 0 saturated heterocycles. The molecule has 1 aromatic rings. The molecule has 0 fully saturated rings. The van der Waals surface area contributed by atoms with Gasteiger partial charge >= 0.3 is 0 Å². The smallest absolute Gasteiger partial charge is 0.220 e. The summed E-state index contributed by atoms with van der Waals surface area (Å²) in [6, 6.07) is 8.42. The zero-order chi connectivity index (χ0) is 13.6. The Balaban J connectivity index is 2.49. The van der Waals surface area contributed by atoms with Gasteiger partial charge < -0.3 is 5.32 Å². The molecule has 0 aliphatic heterocycles. The van der Waals surface area contributed by atoms with Crippen LogP contribution < -0.4 is 5.32 Å². The maximum atomic E-state index is 11.4. The molecule has 0 aliphatic rings. The quantitative estimate of drug-likeness (QED) is 0.789. The molecule has 0 unspecified atom stereocenters. The lowest BCUT2D eigenvalue weighted by molar-refractivity contribution is -0.121. The van der Waals surface area contributed by atoms with E-state index < -0.39 is 0 Å². The Bertz CT molecular complexity index is 398. The predicted molar refractivity (Wildman–Crippen MR) is 76.4 cm³/mol. The third kappa shape index (κ3) is 4.74. The number of hydrogen-bond acceptors (Lipinski definition) is 1. The third-order valence-electron chi connectivity index (χ3n) is 2.89. The Morgan fingerprint density at radius 3 is 2.39 bits per heavy atom. The van der Waals surface area contributed by atoms with E-state index in [1.807, 2.05) is 0 Å². The number of rotatable bonds is 5. The van der Waals surface area contributed by atoms with Crippen LogP contribution in [0.3, 0.4) is 0 Å². The number of allylic oxidation sites excluding steroid dienone is 1. The minimum absolute atomic E-state index is 0.0785. The summed E-state index contributed by atoms with van der Waals surface area (Å²) in [5.74, 6) is 0.0785. The second kappa shape index (κ2) is 6.39. The van der Waals surface area contributed by atoms with Crippen molar-refractivity contribution in [2.75, 3.05) is 0 Å². The van der Waals surface area contributed by atoms with Crippen molar-refractivity contribution < 1.29 is 4.79 Å². The average Bonchev–Trinajstić information content (AvgIpc) is 2.33. The van der Waals surface area contributed by atoms with Gasteiger partial charge in [-0.3, -0.25) is 4.79 Å². The summed E-state index contributed by atoms with van der Waals surface area (Å²) in [4.78, 5) is 11.4. The van der Waals surface area contributed by atoms with Crippen LogP contribution in [0.15, 0.2) is 36.9 Å². The highest BCUT2D eigenvalue weighted by atomic mass is 16.1. The first-order chi connectivity index (χ1) is 8.43. The molecule has 1 rings (SSSR count). The Labute approximate surface area is 110 Å². The van der Waals surface area contributed by atoms with E-state index in [0.29, 0.717) is 13.0 Å². The summed E-state index contributed by atoms with van der Waals surface area (Å²) >= 11 is 0. The maximum Gasteiger partial charge on any atom is 0.220 e. The second-order valence-corrected chi connectivity index (χ2v) is 5.55. The second-order valence-electron chi connectivity index (χ2n) is 5.55. The standard InChI is InChI=1S/C16H23NO/c1-5-6-7-15(18)17-12-13-8-10-14(11-9-13)16(2,3)4/h5,8-11H,1,6-7,12H2,2-4H3,(H,17,18). The van der Waals surface area contributed by atoms with E-state index in [-0.39, 0.29) is 11.3 Å². The van der Waals surface area contributed by atoms with Gasteiger partial charge in [0.25, 0.3) is 0 Å². The van der Waals surface area contributed by atoms with E-state index in [9.17, 15) is 4.79 Å². The number of carbonyl (C=O) groups is 1. The van der Waals surface area contributed by atoms with Gasteiger partial charge in [0.1, 0.15) is 0 Å². The van der Waals surface area contributed by atoms with E-state index in [1.54, 1.807) is 6.08 Å². The molecule has 0 radical (unpaired) electrons. The first-order valence-electron chi connectivity index (χ1n) is 6.40. The van der Waals surface area contributed by atoms with Gasteiger partial charge in [0, 0.05) is 13.0 Å². The molecule has 98 valence electrons. The summed E-state index contributed by atoms with van der Waals surface area (Å²) in [6.45, 7) is 10.8. The largest absolute Gasteiger partial charge is 0.352 e. The molecule has 0 saturated carbocycles. The summed E-state index contributed by atoms with van der Waals surface area (Å²) in [5, 5.41) is 2.91. The molecule has 0 aliphatic carbocycles. The predicted octanol–water partition coefficient (Wildman–Crippen LogP) is 3.57. The van der Waals surface area contributed by atoms with Gasteiger partial charge in [-0.25, -0.2) is 0 Å². The van der Waals surface area contributed by atoms with Crippen LogP contribution in [0.4, 0.5) is 0 Å². The Morgan fingerprint density at radius 1 is 1.28 bits per heavy atom. The van der Waals surface area contributed by atoms with Gasteiger partial charge in [-0.05, 0) is 23.0 Å². The molecular weight excluding hydrogens is 222 g/mol. The number of nitrogens with one attached hydrogen (secondary N) is 1. The molecule has 0 aromatic heterocycles. The van der Waals surface area contributed by atoms with Gasteiger partial charge in [0.15, 0.2) is 0 Å². The molecule has 1 amide bonds. The molecule has 2 heteroatoms. The van der Waals surface area contributed by atoms with Crippen molar-refractivity contribution in [2.24, 2.45) is 0 Å². The highest BCUT2D eigenvalue weighted by molar-refractivity contribution is 5.75. The minimum atomic E-state index is 0.0785. The molecule has 0 bridgehead atoms. The lowest BCUT2D eigenvalue weighted by atomic mass is 9.87. The van der Waals surface area contributed by atoms with E-state index in [4.69, 9.17) is 0 Å². The SMILES string of the molecule is C=CCCC(=O)NCc1ccc(C(C)(C)C)cc1. The van der Waals surface area contributed by atoms with Crippen molar-refractivity contribution in [1.29, 1.82) is 0 Å². The molecule has 1 aromatic carbocycles. The van der Waals surface area contributed by atoms with Gasteiger partial charge in [0.2, 0.25) is 5.91 Å². The lowest BCUT2D eigenvalue weighted by Gasteiger charge is -2.19. The van der Waals surface area contributed by atoms with Crippen LogP contribution in [-0.4, -0.2) is 5.91 Å². The van der Waals surface area contributed by atoms with Crippen molar-refractivity contribution in [1.82, 2.24) is 5.32 Å². The number of amides is 1. The van der Waals surface area contributed by atoms with Gasteiger partial charge in [-0.15, -0.1) is 6.58 Å². The normalized spacial score (nSPS) is 11.1. The van der Waals surface area contributed by atoms with Crippen molar-refractivity contribution in [3.05, 3.63) is 48.0 Å². The van der Waals surface area contributed by atoms with Crippen molar-refractivity contribution >= 4 is 5.91 Å². The minimum Gasteiger partial charge on any atom is -0.352 e. The van der Waals surface area contributed by atoms with Crippen molar-refractivity contribution in [2.45, 2.75) is 45.6 Å². The fourth-order valence-corrected chi connectivity index (χ4v) is 1.64. The third-order valence-corrected chi connectivity index (χ3v) is 2.89. The van der Waals surface area contributed by atoms with Gasteiger partial charge in [0.05, 0.1) is 0 Å². The van der Waals surface area contributed by atoms with E-state index >= 15 is 0 Å². The fraction of sp³-hybridized carbons (Fsp3) is 0.438. The average molecular weight is 245 g/mol. The van der Waals surface area contributed by atoms with Crippen LogP contribution in [0.2, 0.25) is 0 Å². The van der Waals surface area contributed by atoms with E-state index in [2.05, 4.69) is 56.9 Å². The van der Waals surface area contributed by atoms with Crippen molar-refractivity contribution in [3.63, 3.8) is 0 Å². The highest BCUT2D eigenvalue weighted by Gasteiger charge is 2.12. The van der Waals surface area contributed by atoms with Crippen LogP contribution in [-0.2, 0) is 16.8 Å². The first kappa shape index (κ1) is 14.5. The summed E-state index contributed by atoms with van der Waals surface area (Å²) in [6.07, 6.45) is 3.01. The summed E-state index contributed by atoms with van der Waals surface area (Å²) in [5.41, 5.74) is 2.62. The van der Waals surface area contributed by atoms with Crippen LogP contribution in [0.5, 0.6) is 0 Å². The molecular formula is C16H23NO. The topological polar surface area (TPSA) is 29.1 Å². The van der Waals surface area contributed by atoms with Crippen LogP contribution in [0.25, 0.3) is 0 Å². The first-order valence-corrected chi connectivity index (χ1v) is 6.40. The Morgan fingerprint density at radius 2 is 1.89 bits per heavy atom. The maximum absolute atomic E-state index is 11.4. The van der Waals surface area contributed by atoms with E-state index in [0.717, 1.165) is 12.0 Å². The van der Waals surface area contributed by atoms with Crippen LogP contribution in [0.1, 0.15) is 44.7 Å². The summed E-state index contributed by atoms with van der Waals surface area (Å²) < 4.78 is 0. The number of hydrogen-bond donors (Lipinski definition) is 1. The Kier molecular flexibility index (Phi) is 5.14. The van der Waals surface area contributed by atoms with Crippen molar-refractivity contribution in [3.8, 4) is 0 Å². The monoisotopic (exact) mass is 245 g/mol. The highest BCUT2D eigenvalue weighted by Crippen LogP contribution is 2.22. The van der Waals surface area contributed by atoms with Crippen LogP contribution >= 0.6 is 0 Å². The molecule has 18 heavy (non-hydrogen) atoms. The number of carbonyl (C=O) groups excluding carboxylic acids is 1. The van der Waals surface area contributed by atoms with Crippen LogP contribution in [0, 0.1) is 0 Å². The zero-order valence-electron chi connectivity index (χ0n) is 11.6. The molecule has 2 nitrogen and oxygen atoms in total. The molecule has 0 spiro atoms. The fourth-order valence-electron chi connectivity index (χ4n) is 1.64. The molecule has 1 N–H and O–H groups in total. The summed E-state index contributed by atoms with van der Waals surface area (Å²) in [7, 11) is 0. The number of benzene rings is 1. The molecule has 0 atom stereocenters. The van der Waals surface area contributed by atoms with E-state index in [1.165, 1.54) is 5.56 Å².